The molecule has 144 valence electrons. The number of hydrogen-bond acceptors (Lipinski definition) is 3. The molecule has 3 fully saturated rings. The van der Waals surface area contributed by atoms with Gasteiger partial charge in [-0.05, 0) is 25.2 Å². The number of carbonyl (C=O) groups is 2. The highest BCUT2D eigenvalue weighted by molar-refractivity contribution is 5.86. The summed E-state index contributed by atoms with van der Waals surface area (Å²) in [5, 5.41) is 0. The van der Waals surface area contributed by atoms with Gasteiger partial charge in [0.1, 0.15) is 0 Å². The molecule has 1 saturated heterocycles. The van der Waals surface area contributed by atoms with Gasteiger partial charge >= 0.3 is 0 Å². The lowest BCUT2D eigenvalue weighted by Crippen LogP contribution is -2.60. The Morgan fingerprint density at radius 1 is 0.880 bits per heavy atom. The van der Waals surface area contributed by atoms with Crippen molar-refractivity contribution in [2.75, 3.05) is 26.2 Å². The van der Waals surface area contributed by atoms with Crippen molar-refractivity contribution in [3.05, 3.63) is 0 Å². The third kappa shape index (κ3) is 5.10. The third-order valence-corrected chi connectivity index (χ3v) is 6.33. The standard InChI is InChI=1S/C19H33N3O2.ClH/c20-19(10-4-1-5-11-19)18(24)22-14-12-21(13-15-22)17(23)9-8-16-6-2-3-7-16;/h16H,1-15,20H2;1H. The summed E-state index contributed by atoms with van der Waals surface area (Å²) >= 11 is 0. The Morgan fingerprint density at radius 2 is 1.44 bits per heavy atom. The minimum atomic E-state index is -0.646. The molecular formula is C19H34ClN3O2. The first kappa shape index (κ1) is 20.5. The fourth-order valence-electron chi connectivity index (χ4n) is 4.66. The Hall–Kier alpha value is -0.810. The summed E-state index contributed by atoms with van der Waals surface area (Å²) in [5.74, 6) is 1.15. The van der Waals surface area contributed by atoms with E-state index >= 15 is 0 Å². The van der Waals surface area contributed by atoms with Crippen LogP contribution in [-0.4, -0.2) is 53.3 Å². The molecule has 2 aliphatic carbocycles. The number of rotatable bonds is 4. The topological polar surface area (TPSA) is 66.6 Å². The molecule has 0 aromatic rings. The normalized spacial score (nSPS) is 24.0. The molecule has 0 spiro atoms. The number of carbonyl (C=O) groups excluding carboxylic acids is 2. The molecule has 1 heterocycles. The molecule has 0 aromatic heterocycles. The van der Waals surface area contributed by atoms with Gasteiger partial charge in [-0.15, -0.1) is 12.4 Å². The van der Waals surface area contributed by atoms with Crippen LogP contribution >= 0.6 is 12.4 Å². The molecule has 0 bridgehead atoms. The largest absolute Gasteiger partial charge is 0.339 e. The minimum absolute atomic E-state index is 0. The number of piperazine rings is 1. The van der Waals surface area contributed by atoms with Crippen LogP contribution in [0.4, 0.5) is 0 Å². The molecule has 2 saturated carbocycles. The molecule has 1 aliphatic heterocycles. The molecule has 3 rings (SSSR count). The highest BCUT2D eigenvalue weighted by atomic mass is 35.5. The third-order valence-electron chi connectivity index (χ3n) is 6.33. The average Bonchev–Trinajstić information content (AvgIpc) is 3.13. The van der Waals surface area contributed by atoms with Gasteiger partial charge in [-0.2, -0.15) is 0 Å². The fourth-order valence-corrected chi connectivity index (χ4v) is 4.66. The summed E-state index contributed by atoms with van der Waals surface area (Å²) in [6.07, 6.45) is 11.9. The van der Waals surface area contributed by atoms with E-state index in [0.717, 1.165) is 38.0 Å². The van der Waals surface area contributed by atoms with Gasteiger partial charge in [-0.25, -0.2) is 0 Å². The zero-order chi connectivity index (χ0) is 17.0. The van der Waals surface area contributed by atoms with E-state index in [-0.39, 0.29) is 24.2 Å². The van der Waals surface area contributed by atoms with E-state index in [2.05, 4.69) is 0 Å². The Morgan fingerprint density at radius 3 is 2.04 bits per heavy atom. The van der Waals surface area contributed by atoms with E-state index in [1.807, 2.05) is 9.80 Å². The van der Waals surface area contributed by atoms with Crippen molar-refractivity contribution in [1.29, 1.82) is 0 Å². The van der Waals surface area contributed by atoms with E-state index in [4.69, 9.17) is 5.73 Å². The van der Waals surface area contributed by atoms with Crippen molar-refractivity contribution in [3.8, 4) is 0 Å². The van der Waals surface area contributed by atoms with Crippen LogP contribution in [0, 0.1) is 5.92 Å². The van der Waals surface area contributed by atoms with E-state index < -0.39 is 5.54 Å². The van der Waals surface area contributed by atoms with Crippen LogP contribution in [-0.2, 0) is 9.59 Å². The van der Waals surface area contributed by atoms with Crippen molar-refractivity contribution in [1.82, 2.24) is 9.80 Å². The van der Waals surface area contributed by atoms with Crippen LogP contribution < -0.4 is 5.73 Å². The van der Waals surface area contributed by atoms with E-state index in [1.54, 1.807) is 0 Å². The molecule has 0 atom stereocenters. The molecule has 0 aromatic carbocycles. The van der Waals surface area contributed by atoms with Gasteiger partial charge in [-0.1, -0.05) is 44.9 Å². The molecule has 25 heavy (non-hydrogen) atoms. The maximum Gasteiger partial charge on any atom is 0.242 e. The number of nitrogens with two attached hydrogens (primary N) is 1. The zero-order valence-corrected chi connectivity index (χ0v) is 16.2. The first-order chi connectivity index (χ1) is 11.6. The van der Waals surface area contributed by atoms with Crippen LogP contribution in [0.15, 0.2) is 0 Å². The summed E-state index contributed by atoms with van der Waals surface area (Å²) in [6.45, 7) is 2.64. The number of amides is 2. The predicted molar refractivity (Wildman–Crippen MR) is 102 cm³/mol. The van der Waals surface area contributed by atoms with Crippen LogP contribution in [0.1, 0.15) is 70.6 Å². The summed E-state index contributed by atoms with van der Waals surface area (Å²) in [6, 6.07) is 0. The summed E-state index contributed by atoms with van der Waals surface area (Å²) in [4.78, 5) is 29.0. The lowest BCUT2D eigenvalue weighted by molar-refractivity contribution is -0.144. The maximum absolute atomic E-state index is 12.7. The van der Waals surface area contributed by atoms with Crippen LogP contribution in [0.2, 0.25) is 0 Å². The van der Waals surface area contributed by atoms with E-state index in [0.29, 0.717) is 32.6 Å². The number of halogens is 1. The monoisotopic (exact) mass is 371 g/mol. The van der Waals surface area contributed by atoms with Gasteiger partial charge in [0.15, 0.2) is 0 Å². The highest BCUT2D eigenvalue weighted by Gasteiger charge is 2.39. The van der Waals surface area contributed by atoms with Crippen molar-refractivity contribution >= 4 is 24.2 Å². The highest BCUT2D eigenvalue weighted by Crippen LogP contribution is 2.29. The lowest BCUT2D eigenvalue weighted by atomic mass is 9.81. The molecule has 5 nitrogen and oxygen atoms in total. The second kappa shape index (κ2) is 9.22. The van der Waals surface area contributed by atoms with Gasteiger partial charge in [0.2, 0.25) is 11.8 Å². The van der Waals surface area contributed by atoms with Gasteiger partial charge in [0.25, 0.3) is 0 Å². The quantitative estimate of drug-likeness (QED) is 0.826. The lowest BCUT2D eigenvalue weighted by Gasteiger charge is -2.41. The fraction of sp³-hybridized carbons (Fsp3) is 0.895. The molecule has 2 amide bonds. The van der Waals surface area contributed by atoms with Crippen LogP contribution in [0.5, 0.6) is 0 Å². The minimum Gasteiger partial charge on any atom is -0.339 e. The smallest absolute Gasteiger partial charge is 0.242 e. The molecule has 0 radical (unpaired) electrons. The second-order valence-corrected chi connectivity index (χ2v) is 8.08. The molecular weight excluding hydrogens is 338 g/mol. The van der Waals surface area contributed by atoms with Crippen LogP contribution in [0.25, 0.3) is 0 Å². The molecule has 3 aliphatic rings. The van der Waals surface area contributed by atoms with E-state index in [9.17, 15) is 9.59 Å². The maximum atomic E-state index is 12.7. The van der Waals surface area contributed by atoms with Gasteiger partial charge < -0.3 is 15.5 Å². The molecule has 2 N–H and O–H groups in total. The van der Waals surface area contributed by atoms with Gasteiger partial charge in [0.05, 0.1) is 5.54 Å². The Balaban J connectivity index is 0.00000225. The summed E-state index contributed by atoms with van der Waals surface area (Å²) in [7, 11) is 0. The Bertz CT molecular complexity index is 452. The zero-order valence-electron chi connectivity index (χ0n) is 15.4. The van der Waals surface area contributed by atoms with Crippen molar-refractivity contribution < 1.29 is 9.59 Å². The van der Waals surface area contributed by atoms with Crippen LogP contribution in [0.3, 0.4) is 0 Å². The second-order valence-electron chi connectivity index (χ2n) is 8.08. The molecule has 6 heteroatoms. The Labute approximate surface area is 158 Å². The van der Waals surface area contributed by atoms with Gasteiger partial charge in [-0.3, -0.25) is 9.59 Å². The van der Waals surface area contributed by atoms with E-state index in [1.165, 1.54) is 32.1 Å². The first-order valence-electron chi connectivity index (χ1n) is 9.94. The van der Waals surface area contributed by atoms with Crippen molar-refractivity contribution in [3.63, 3.8) is 0 Å². The van der Waals surface area contributed by atoms with Gasteiger partial charge in [0, 0.05) is 32.6 Å². The first-order valence-corrected chi connectivity index (χ1v) is 9.94. The number of hydrogen-bond donors (Lipinski definition) is 1. The average molecular weight is 372 g/mol. The summed E-state index contributed by atoms with van der Waals surface area (Å²) < 4.78 is 0. The number of nitrogens with zero attached hydrogens (tertiary/aromatic N) is 2. The summed E-state index contributed by atoms with van der Waals surface area (Å²) in [5.41, 5.74) is 5.73. The molecule has 0 unspecified atom stereocenters. The SMILES string of the molecule is Cl.NC1(C(=O)N2CCN(C(=O)CCC3CCCC3)CC2)CCCCC1. The van der Waals surface area contributed by atoms with Crippen molar-refractivity contribution in [2.24, 2.45) is 11.7 Å². The van der Waals surface area contributed by atoms with Crippen molar-refractivity contribution in [2.45, 2.75) is 76.2 Å². The Kier molecular flexibility index (Phi) is 7.56. The predicted octanol–water partition coefficient (Wildman–Crippen LogP) is 2.71.